The van der Waals surface area contributed by atoms with Crippen LogP contribution >= 0.6 is 0 Å². The third-order valence-electron chi connectivity index (χ3n) is 4.38. The van der Waals surface area contributed by atoms with Crippen molar-refractivity contribution in [2.45, 2.75) is 13.8 Å². The van der Waals surface area contributed by atoms with E-state index in [1.165, 1.54) is 5.56 Å². The molecule has 1 N–H and O–H groups in total. The normalized spacial score (nSPS) is 14.2. The molecule has 1 saturated heterocycles. The van der Waals surface area contributed by atoms with Crippen molar-refractivity contribution in [3.8, 4) is 5.75 Å². The molecule has 0 aromatic heterocycles. The summed E-state index contributed by atoms with van der Waals surface area (Å²) in [6, 6.07) is 13.7. The van der Waals surface area contributed by atoms with E-state index < -0.39 is 0 Å². The van der Waals surface area contributed by atoms with Gasteiger partial charge in [0.05, 0.1) is 24.6 Å². The Morgan fingerprint density at radius 1 is 1.12 bits per heavy atom. The van der Waals surface area contributed by atoms with Crippen molar-refractivity contribution in [2.24, 2.45) is 0 Å². The second kappa shape index (κ2) is 8.03. The second-order valence-corrected chi connectivity index (χ2v) is 6.20. The highest BCUT2D eigenvalue weighted by Crippen LogP contribution is 2.26. The third-order valence-corrected chi connectivity index (χ3v) is 4.38. The fraction of sp³-hybridized carbons (Fsp3) is 0.350. The number of morpholine rings is 1. The molecule has 0 aliphatic carbocycles. The van der Waals surface area contributed by atoms with Crippen molar-refractivity contribution in [3.05, 3.63) is 53.6 Å². The van der Waals surface area contributed by atoms with Crippen LogP contribution in [0.5, 0.6) is 5.75 Å². The van der Waals surface area contributed by atoms with E-state index in [0.29, 0.717) is 19.0 Å². The summed E-state index contributed by atoms with van der Waals surface area (Å²) in [6.45, 7) is 7.13. The first-order valence-electron chi connectivity index (χ1n) is 8.55. The molecule has 2 aromatic rings. The molecule has 0 radical (unpaired) electrons. The largest absolute Gasteiger partial charge is 0.484 e. The van der Waals surface area contributed by atoms with Gasteiger partial charge in [0.15, 0.2) is 6.61 Å². The standard InChI is InChI=1S/C20H24N2O3/c1-15-7-8-17(13-16(15)2)25-14-20(23)21-18-5-3-4-6-19(18)22-9-11-24-12-10-22/h3-8,13H,9-12,14H2,1-2H3,(H,21,23). The topological polar surface area (TPSA) is 50.8 Å². The van der Waals surface area contributed by atoms with E-state index in [1.807, 2.05) is 56.3 Å². The van der Waals surface area contributed by atoms with Crippen LogP contribution in [0, 0.1) is 13.8 Å². The zero-order chi connectivity index (χ0) is 17.6. The van der Waals surface area contributed by atoms with Gasteiger partial charge in [-0.25, -0.2) is 0 Å². The predicted octanol–water partition coefficient (Wildman–Crippen LogP) is 3.16. The summed E-state index contributed by atoms with van der Waals surface area (Å²) in [5.41, 5.74) is 4.18. The predicted molar refractivity (Wildman–Crippen MR) is 99.5 cm³/mol. The first-order chi connectivity index (χ1) is 12.1. The number of hydrogen-bond donors (Lipinski definition) is 1. The minimum absolute atomic E-state index is 0.0139. The summed E-state index contributed by atoms with van der Waals surface area (Å²) in [7, 11) is 0. The number of amides is 1. The van der Waals surface area contributed by atoms with Crippen LogP contribution in [-0.4, -0.2) is 38.8 Å². The average Bonchev–Trinajstić information content (AvgIpc) is 2.64. The Morgan fingerprint density at radius 3 is 2.64 bits per heavy atom. The maximum absolute atomic E-state index is 12.3. The molecule has 2 aromatic carbocycles. The first kappa shape index (κ1) is 17.3. The van der Waals surface area contributed by atoms with Gasteiger partial charge in [0.2, 0.25) is 0 Å². The smallest absolute Gasteiger partial charge is 0.262 e. The van der Waals surface area contributed by atoms with Crippen LogP contribution in [0.4, 0.5) is 11.4 Å². The molecule has 5 heteroatoms. The Balaban J connectivity index is 1.61. The molecule has 1 aliphatic rings. The maximum Gasteiger partial charge on any atom is 0.262 e. The molecule has 3 rings (SSSR count). The number of rotatable bonds is 5. The number of ether oxygens (including phenoxy) is 2. The van der Waals surface area contributed by atoms with Crippen LogP contribution in [0.25, 0.3) is 0 Å². The number of para-hydroxylation sites is 2. The van der Waals surface area contributed by atoms with E-state index in [0.717, 1.165) is 30.0 Å². The minimum atomic E-state index is -0.168. The van der Waals surface area contributed by atoms with E-state index in [1.54, 1.807) is 0 Å². The summed E-state index contributed by atoms with van der Waals surface area (Å²) in [5.74, 6) is 0.540. The molecule has 5 nitrogen and oxygen atoms in total. The number of carbonyl (C=O) groups is 1. The Labute approximate surface area is 148 Å². The average molecular weight is 340 g/mol. The van der Waals surface area contributed by atoms with Crippen LogP contribution in [-0.2, 0) is 9.53 Å². The van der Waals surface area contributed by atoms with Crippen LogP contribution < -0.4 is 15.0 Å². The molecule has 0 spiro atoms. The molecule has 25 heavy (non-hydrogen) atoms. The Morgan fingerprint density at radius 2 is 1.88 bits per heavy atom. The molecule has 1 fully saturated rings. The van der Waals surface area contributed by atoms with Gasteiger partial charge in [0, 0.05) is 13.1 Å². The SMILES string of the molecule is Cc1ccc(OCC(=O)Nc2ccccc2N2CCOCC2)cc1C. The van der Waals surface area contributed by atoms with Crippen LogP contribution in [0.2, 0.25) is 0 Å². The molecule has 0 atom stereocenters. The van der Waals surface area contributed by atoms with Gasteiger partial charge in [-0.05, 0) is 49.2 Å². The zero-order valence-corrected chi connectivity index (χ0v) is 14.7. The molecule has 1 amide bonds. The second-order valence-electron chi connectivity index (χ2n) is 6.20. The van der Waals surface area contributed by atoms with Gasteiger partial charge in [-0.1, -0.05) is 18.2 Å². The van der Waals surface area contributed by atoms with Gasteiger partial charge < -0.3 is 19.7 Å². The fourth-order valence-electron chi connectivity index (χ4n) is 2.80. The lowest BCUT2D eigenvalue weighted by molar-refractivity contribution is -0.118. The Bertz CT molecular complexity index is 739. The van der Waals surface area contributed by atoms with Crippen LogP contribution in [0.15, 0.2) is 42.5 Å². The van der Waals surface area contributed by atoms with E-state index in [4.69, 9.17) is 9.47 Å². The van der Waals surface area contributed by atoms with Crippen molar-refractivity contribution in [3.63, 3.8) is 0 Å². The molecular weight excluding hydrogens is 316 g/mol. The van der Waals surface area contributed by atoms with Gasteiger partial charge in [-0.2, -0.15) is 0 Å². The number of aryl methyl sites for hydroxylation is 2. The highest BCUT2D eigenvalue weighted by atomic mass is 16.5. The van der Waals surface area contributed by atoms with Crippen molar-refractivity contribution >= 4 is 17.3 Å². The third kappa shape index (κ3) is 4.51. The highest BCUT2D eigenvalue weighted by Gasteiger charge is 2.15. The summed E-state index contributed by atoms with van der Waals surface area (Å²) in [4.78, 5) is 14.5. The minimum Gasteiger partial charge on any atom is -0.484 e. The van der Waals surface area contributed by atoms with Gasteiger partial charge >= 0.3 is 0 Å². The number of anilines is 2. The number of carbonyl (C=O) groups excluding carboxylic acids is 1. The lowest BCUT2D eigenvalue weighted by Gasteiger charge is -2.30. The summed E-state index contributed by atoms with van der Waals surface area (Å²) in [6.07, 6.45) is 0. The molecule has 1 heterocycles. The molecule has 0 saturated carbocycles. The van der Waals surface area contributed by atoms with Crippen molar-refractivity contribution in [1.29, 1.82) is 0 Å². The lowest BCUT2D eigenvalue weighted by atomic mass is 10.1. The van der Waals surface area contributed by atoms with Crippen molar-refractivity contribution in [2.75, 3.05) is 43.1 Å². The van der Waals surface area contributed by atoms with Gasteiger partial charge in [0.1, 0.15) is 5.75 Å². The quantitative estimate of drug-likeness (QED) is 0.908. The Hall–Kier alpha value is -2.53. The van der Waals surface area contributed by atoms with Crippen molar-refractivity contribution < 1.29 is 14.3 Å². The Kier molecular flexibility index (Phi) is 5.56. The van der Waals surface area contributed by atoms with E-state index in [2.05, 4.69) is 10.2 Å². The van der Waals surface area contributed by atoms with Crippen molar-refractivity contribution in [1.82, 2.24) is 0 Å². The monoisotopic (exact) mass is 340 g/mol. The zero-order valence-electron chi connectivity index (χ0n) is 14.7. The summed E-state index contributed by atoms with van der Waals surface area (Å²) >= 11 is 0. The number of hydrogen-bond acceptors (Lipinski definition) is 4. The van der Waals surface area contributed by atoms with Gasteiger partial charge in [-0.15, -0.1) is 0 Å². The van der Waals surface area contributed by atoms with Gasteiger partial charge in [-0.3, -0.25) is 4.79 Å². The van der Waals surface area contributed by atoms with E-state index in [9.17, 15) is 4.79 Å². The number of nitrogens with one attached hydrogen (secondary N) is 1. The number of nitrogens with zero attached hydrogens (tertiary/aromatic N) is 1. The molecule has 132 valence electrons. The van der Waals surface area contributed by atoms with Crippen LogP contribution in [0.3, 0.4) is 0 Å². The molecule has 1 aliphatic heterocycles. The lowest BCUT2D eigenvalue weighted by Crippen LogP contribution is -2.37. The van der Waals surface area contributed by atoms with Gasteiger partial charge in [0.25, 0.3) is 5.91 Å². The summed E-state index contributed by atoms with van der Waals surface area (Å²) < 4.78 is 11.0. The van der Waals surface area contributed by atoms with E-state index >= 15 is 0 Å². The van der Waals surface area contributed by atoms with Crippen LogP contribution in [0.1, 0.15) is 11.1 Å². The summed E-state index contributed by atoms with van der Waals surface area (Å²) in [5, 5.41) is 2.96. The number of benzene rings is 2. The molecule has 0 bridgehead atoms. The fourth-order valence-corrected chi connectivity index (χ4v) is 2.80. The molecular formula is C20H24N2O3. The molecule has 0 unspecified atom stereocenters. The van der Waals surface area contributed by atoms with E-state index in [-0.39, 0.29) is 12.5 Å². The maximum atomic E-state index is 12.3. The first-order valence-corrected chi connectivity index (χ1v) is 8.55. The highest BCUT2D eigenvalue weighted by molar-refractivity contribution is 5.95.